The molecule has 17 heavy (non-hydrogen) atoms. The quantitative estimate of drug-likeness (QED) is 0.604. The smallest absolute Gasteiger partial charge is 0.0588 e. The molecule has 1 atom stereocenters. The van der Waals surface area contributed by atoms with Gasteiger partial charge in [-0.15, -0.1) is 11.6 Å². The molecule has 0 nitrogen and oxygen atoms in total. The lowest BCUT2D eigenvalue weighted by molar-refractivity contribution is 0.651. The van der Waals surface area contributed by atoms with Crippen LogP contribution in [0.1, 0.15) is 80.0 Å². The molecule has 0 bridgehead atoms. The van der Waals surface area contributed by atoms with Crippen molar-refractivity contribution in [3.05, 3.63) is 34.4 Å². The minimum absolute atomic E-state index is 0.231. The van der Waals surface area contributed by atoms with E-state index in [-0.39, 0.29) is 5.38 Å². The summed E-state index contributed by atoms with van der Waals surface area (Å²) in [6.45, 7) is 9.10. The Kier molecular flexibility index (Phi) is 3.82. The van der Waals surface area contributed by atoms with Crippen LogP contribution in [0, 0.1) is 0 Å². The van der Waals surface area contributed by atoms with Crippen LogP contribution in [-0.2, 0) is 6.42 Å². The number of hydrogen-bond acceptors (Lipinski definition) is 0. The van der Waals surface area contributed by atoms with E-state index in [1.165, 1.54) is 35.1 Å². The van der Waals surface area contributed by atoms with Crippen LogP contribution in [-0.4, -0.2) is 0 Å². The number of fused-ring (bicyclic) bond motifs is 1. The average Bonchev–Trinajstić information content (AvgIpc) is 2.28. The monoisotopic (exact) mass is 250 g/mol. The summed E-state index contributed by atoms with van der Waals surface area (Å²) >= 11 is 6.50. The molecule has 0 N–H and O–H groups in total. The summed E-state index contributed by atoms with van der Waals surface area (Å²) in [7, 11) is 0. The highest BCUT2D eigenvalue weighted by molar-refractivity contribution is 6.21. The van der Waals surface area contributed by atoms with Crippen molar-refractivity contribution in [2.24, 2.45) is 0 Å². The maximum Gasteiger partial charge on any atom is 0.0588 e. The molecule has 0 saturated carbocycles. The molecule has 1 heteroatoms. The van der Waals surface area contributed by atoms with E-state index in [1.807, 2.05) is 0 Å². The van der Waals surface area contributed by atoms with Crippen LogP contribution in [0.15, 0.2) is 12.1 Å². The fourth-order valence-electron chi connectivity index (χ4n) is 2.77. The fraction of sp³-hybridized carbons (Fsp3) is 0.625. The Morgan fingerprint density at radius 1 is 1.12 bits per heavy atom. The number of hydrogen-bond donors (Lipinski definition) is 0. The van der Waals surface area contributed by atoms with Crippen LogP contribution in [0.4, 0.5) is 0 Å². The fourth-order valence-corrected chi connectivity index (χ4v) is 3.12. The average molecular weight is 251 g/mol. The minimum Gasteiger partial charge on any atom is -0.118 e. The molecule has 1 aliphatic carbocycles. The van der Waals surface area contributed by atoms with E-state index in [0.29, 0.717) is 11.8 Å². The summed E-state index contributed by atoms with van der Waals surface area (Å²) in [5.74, 6) is 1.19. The Bertz CT molecular complexity index is 387. The molecule has 0 spiro atoms. The first-order valence-corrected chi connectivity index (χ1v) is 7.25. The highest BCUT2D eigenvalue weighted by Gasteiger charge is 2.23. The molecule has 1 aromatic carbocycles. The van der Waals surface area contributed by atoms with Gasteiger partial charge >= 0.3 is 0 Å². The van der Waals surface area contributed by atoms with Crippen molar-refractivity contribution in [3.8, 4) is 0 Å². The van der Waals surface area contributed by atoms with Gasteiger partial charge < -0.3 is 0 Å². The molecule has 2 rings (SSSR count). The summed E-state index contributed by atoms with van der Waals surface area (Å²) in [5, 5.41) is 0.231. The van der Waals surface area contributed by atoms with Gasteiger partial charge in [0.1, 0.15) is 0 Å². The molecule has 94 valence electrons. The first-order chi connectivity index (χ1) is 8.00. The lowest BCUT2D eigenvalue weighted by atomic mass is 9.81. The molecule has 1 aromatic rings. The summed E-state index contributed by atoms with van der Waals surface area (Å²) in [5.41, 5.74) is 5.92. The molecule has 0 radical (unpaired) electrons. The van der Waals surface area contributed by atoms with Gasteiger partial charge in [-0.05, 0) is 53.4 Å². The Hall–Kier alpha value is -0.490. The van der Waals surface area contributed by atoms with E-state index in [4.69, 9.17) is 11.6 Å². The third kappa shape index (κ3) is 2.52. The van der Waals surface area contributed by atoms with E-state index in [2.05, 4.69) is 39.8 Å². The predicted molar refractivity (Wildman–Crippen MR) is 76.2 cm³/mol. The van der Waals surface area contributed by atoms with E-state index < -0.39 is 0 Å². The predicted octanol–water partition coefficient (Wildman–Crippen LogP) is 5.55. The number of halogens is 1. The Morgan fingerprint density at radius 2 is 1.82 bits per heavy atom. The second-order valence-corrected chi connectivity index (χ2v) is 6.37. The van der Waals surface area contributed by atoms with E-state index >= 15 is 0 Å². The van der Waals surface area contributed by atoms with E-state index in [1.54, 1.807) is 0 Å². The van der Waals surface area contributed by atoms with Crippen LogP contribution in [0.2, 0.25) is 0 Å². The van der Waals surface area contributed by atoms with Gasteiger partial charge in [0.25, 0.3) is 0 Å². The van der Waals surface area contributed by atoms with Crippen molar-refractivity contribution in [3.63, 3.8) is 0 Å². The van der Waals surface area contributed by atoms with Gasteiger partial charge in [-0.1, -0.05) is 39.8 Å². The van der Waals surface area contributed by atoms with E-state index in [9.17, 15) is 0 Å². The third-order valence-electron chi connectivity index (χ3n) is 3.85. The SMILES string of the molecule is CC(C)c1cc(C(C)C)c2c(c1)C(Cl)CCC2. The van der Waals surface area contributed by atoms with Crippen LogP contribution >= 0.6 is 11.6 Å². The molecule has 0 saturated heterocycles. The minimum atomic E-state index is 0.231. The molecule has 0 aromatic heterocycles. The first-order valence-electron chi connectivity index (χ1n) is 6.81. The molecule has 1 unspecified atom stereocenters. The zero-order chi connectivity index (χ0) is 12.6. The van der Waals surface area contributed by atoms with Crippen LogP contribution < -0.4 is 0 Å². The maximum absolute atomic E-state index is 6.50. The highest BCUT2D eigenvalue weighted by Crippen LogP contribution is 2.40. The van der Waals surface area contributed by atoms with Crippen molar-refractivity contribution in [1.82, 2.24) is 0 Å². The van der Waals surface area contributed by atoms with Gasteiger partial charge in [0.05, 0.1) is 5.38 Å². The molecule has 0 heterocycles. The van der Waals surface area contributed by atoms with Gasteiger partial charge in [0.2, 0.25) is 0 Å². The normalized spacial score (nSPS) is 19.8. The van der Waals surface area contributed by atoms with Crippen molar-refractivity contribution < 1.29 is 0 Å². The molecule has 0 amide bonds. The second-order valence-electron chi connectivity index (χ2n) is 5.85. The number of benzene rings is 1. The van der Waals surface area contributed by atoms with Gasteiger partial charge in [0.15, 0.2) is 0 Å². The van der Waals surface area contributed by atoms with Crippen LogP contribution in [0.5, 0.6) is 0 Å². The zero-order valence-electron chi connectivity index (χ0n) is 11.4. The summed E-state index contributed by atoms with van der Waals surface area (Å²) in [4.78, 5) is 0. The molecular weight excluding hydrogens is 228 g/mol. The van der Waals surface area contributed by atoms with Crippen molar-refractivity contribution in [2.75, 3.05) is 0 Å². The highest BCUT2D eigenvalue weighted by atomic mass is 35.5. The second kappa shape index (κ2) is 5.02. The summed E-state index contributed by atoms with van der Waals surface area (Å²) < 4.78 is 0. The van der Waals surface area contributed by atoms with Crippen molar-refractivity contribution in [2.45, 2.75) is 64.2 Å². The van der Waals surface area contributed by atoms with Crippen LogP contribution in [0.25, 0.3) is 0 Å². The van der Waals surface area contributed by atoms with Gasteiger partial charge in [-0.3, -0.25) is 0 Å². The topological polar surface area (TPSA) is 0 Å². The van der Waals surface area contributed by atoms with Crippen molar-refractivity contribution >= 4 is 11.6 Å². The standard InChI is InChI=1S/C16H23Cl/c1-10(2)12-8-14(11(3)4)13-6-5-7-16(17)15(13)9-12/h8-11,16H,5-7H2,1-4H3. The van der Waals surface area contributed by atoms with Crippen LogP contribution in [0.3, 0.4) is 0 Å². The van der Waals surface area contributed by atoms with E-state index in [0.717, 1.165) is 6.42 Å². The lowest BCUT2D eigenvalue weighted by Crippen LogP contribution is -2.11. The molecule has 1 aliphatic rings. The van der Waals surface area contributed by atoms with Gasteiger partial charge in [-0.25, -0.2) is 0 Å². The maximum atomic E-state index is 6.50. The molecule has 0 fully saturated rings. The lowest BCUT2D eigenvalue weighted by Gasteiger charge is -2.27. The van der Waals surface area contributed by atoms with Crippen molar-refractivity contribution in [1.29, 1.82) is 0 Å². The summed E-state index contributed by atoms with van der Waals surface area (Å²) in [6.07, 6.45) is 3.58. The molecule has 0 aliphatic heterocycles. The van der Waals surface area contributed by atoms with Gasteiger partial charge in [-0.2, -0.15) is 0 Å². The number of rotatable bonds is 2. The third-order valence-corrected chi connectivity index (χ3v) is 4.31. The summed E-state index contributed by atoms with van der Waals surface area (Å²) in [6, 6.07) is 4.76. The first kappa shape index (κ1) is 13.0. The molecular formula is C16H23Cl. The Labute approximate surface area is 110 Å². The number of alkyl halides is 1. The van der Waals surface area contributed by atoms with Gasteiger partial charge in [0, 0.05) is 0 Å². The largest absolute Gasteiger partial charge is 0.118 e. The zero-order valence-corrected chi connectivity index (χ0v) is 12.1. The Balaban J connectivity index is 2.58. The Morgan fingerprint density at radius 3 is 2.41 bits per heavy atom.